The fourth-order valence-corrected chi connectivity index (χ4v) is 3.63. The molecule has 0 saturated carbocycles. The third-order valence-electron chi connectivity index (χ3n) is 4.80. The minimum atomic E-state index is -0.514. The first-order valence-electron chi connectivity index (χ1n) is 7.34. The van der Waals surface area contributed by atoms with Crippen LogP contribution < -0.4 is 5.48 Å². The van der Waals surface area contributed by atoms with Crippen LogP contribution in [0.3, 0.4) is 0 Å². The highest BCUT2D eigenvalue weighted by atomic mass is 32.1. The molecule has 22 heavy (non-hydrogen) atoms. The van der Waals surface area contributed by atoms with Crippen LogP contribution in [0.1, 0.15) is 41.8 Å². The van der Waals surface area contributed by atoms with E-state index in [0.717, 1.165) is 30.5 Å². The molecule has 3 rings (SSSR count). The van der Waals surface area contributed by atoms with E-state index in [0.29, 0.717) is 12.0 Å². The van der Waals surface area contributed by atoms with Gasteiger partial charge in [-0.25, -0.2) is 5.48 Å². The number of hydroxylamine groups is 1. The summed E-state index contributed by atoms with van der Waals surface area (Å²) in [6.45, 7) is 4.90. The molecule has 0 radical (unpaired) electrons. The molecule has 1 spiro atoms. The van der Waals surface area contributed by atoms with Gasteiger partial charge in [-0.1, -0.05) is 6.07 Å². The van der Waals surface area contributed by atoms with E-state index in [4.69, 9.17) is 5.21 Å². The van der Waals surface area contributed by atoms with E-state index in [1.807, 2.05) is 24.8 Å². The maximum atomic E-state index is 12.7. The first kappa shape index (κ1) is 16.8. The summed E-state index contributed by atoms with van der Waals surface area (Å²) in [5, 5.41) is 8.72. The van der Waals surface area contributed by atoms with Crippen LogP contribution >= 0.6 is 13.5 Å². The second-order valence-electron chi connectivity index (χ2n) is 6.40. The summed E-state index contributed by atoms with van der Waals surface area (Å²) in [6, 6.07) is 5.63. The largest absolute Gasteiger partial charge is 0.340 e. The normalized spacial score (nSPS) is 22.9. The molecule has 2 N–H and O–H groups in total. The summed E-state index contributed by atoms with van der Waals surface area (Å²) < 4.78 is 0. The Morgan fingerprint density at radius 3 is 2.59 bits per heavy atom. The number of carbonyl (C=O) groups is 2. The number of hydrogen-bond donors (Lipinski definition) is 2. The van der Waals surface area contributed by atoms with Crippen LogP contribution in [0.15, 0.2) is 18.2 Å². The van der Waals surface area contributed by atoms with Gasteiger partial charge < -0.3 is 4.90 Å². The predicted octanol–water partition coefficient (Wildman–Crippen LogP) is 1.64. The van der Waals surface area contributed by atoms with Crippen molar-refractivity contribution in [1.82, 2.24) is 10.4 Å². The Labute approximate surface area is 137 Å². The molecule has 1 saturated heterocycles. The summed E-state index contributed by atoms with van der Waals surface area (Å²) >= 11 is 0. The van der Waals surface area contributed by atoms with Crippen LogP contribution in [-0.2, 0) is 17.6 Å². The van der Waals surface area contributed by atoms with Gasteiger partial charge in [0.25, 0.3) is 5.91 Å². The van der Waals surface area contributed by atoms with Gasteiger partial charge in [-0.05, 0) is 56.4 Å². The summed E-state index contributed by atoms with van der Waals surface area (Å²) in [7, 11) is 0. The van der Waals surface area contributed by atoms with Gasteiger partial charge in [0.15, 0.2) is 0 Å². The molecule has 1 fully saturated rings. The van der Waals surface area contributed by atoms with Gasteiger partial charge in [0.05, 0.1) is 5.41 Å². The van der Waals surface area contributed by atoms with Crippen molar-refractivity contribution in [3.63, 3.8) is 0 Å². The van der Waals surface area contributed by atoms with Gasteiger partial charge in [0.1, 0.15) is 0 Å². The molecule has 2 amide bonds. The van der Waals surface area contributed by atoms with Gasteiger partial charge in [-0.15, -0.1) is 0 Å². The monoisotopic (exact) mass is 322 g/mol. The summed E-state index contributed by atoms with van der Waals surface area (Å²) in [4.78, 5) is 26.2. The summed E-state index contributed by atoms with van der Waals surface area (Å²) in [5.74, 6) is -0.276. The van der Waals surface area contributed by atoms with Crippen molar-refractivity contribution in [1.29, 1.82) is 0 Å². The zero-order valence-corrected chi connectivity index (χ0v) is 13.8. The molecule has 1 aromatic carbocycles. The number of likely N-dealkylation sites (tertiary alicyclic amines) is 1. The standard InChI is InChI=1S/C16H20N2O3.H2S/c1-10(2)18-6-5-16(15(18)20)8-12-4-3-11(14(19)17-21)7-13(12)9-16;/h3-4,7,10,21H,5-6,8-9H2,1-2H3,(H,17,19);1H2/t16-;/m0./s1. The Morgan fingerprint density at radius 2 is 2.00 bits per heavy atom. The van der Waals surface area contributed by atoms with Crippen molar-refractivity contribution in [2.75, 3.05) is 6.54 Å². The molecule has 0 aromatic heterocycles. The maximum absolute atomic E-state index is 12.7. The topological polar surface area (TPSA) is 69.6 Å². The Hall–Kier alpha value is -1.53. The van der Waals surface area contributed by atoms with Crippen LogP contribution in [0.4, 0.5) is 0 Å². The molecule has 2 aliphatic rings. The fourth-order valence-electron chi connectivity index (χ4n) is 3.63. The lowest BCUT2D eigenvalue weighted by Crippen LogP contribution is -2.38. The number of rotatable bonds is 2. The Balaban J connectivity index is 0.00000176. The lowest BCUT2D eigenvalue weighted by Gasteiger charge is -2.25. The van der Waals surface area contributed by atoms with E-state index in [2.05, 4.69) is 0 Å². The van der Waals surface area contributed by atoms with Gasteiger partial charge in [-0.3, -0.25) is 14.8 Å². The van der Waals surface area contributed by atoms with E-state index in [1.165, 1.54) is 0 Å². The second kappa shape index (κ2) is 5.93. The minimum absolute atomic E-state index is 0. The smallest absolute Gasteiger partial charge is 0.274 e. The SMILES string of the molecule is CC(C)N1CC[C@@]2(Cc3ccc(C(=O)NO)cc3C2)C1=O.S. The molecule has 1 aromatic rings. The van der Waals surface area contributed by atoms with Crippen LogP contribution in [0.2, 0.25) is 0 Å². The number of fused-ring (bicyclic) bond motifs is 1. The quantitative estimate of drug-likeness (QED) is 0.642. The van der Waals surface area contributed by atoms with Gasteiger partial charge in [0, 0.05) is 18.2 Å². The first-order chi connectivity index (χ1) is 9.97. The molecule has 1 atom stereocenters. The number of benzene rings is 1. The van der Waals surface area contributed by atoms with Crippen molar-refractivity contribution in [3.05, 3.63) is 34.9 Å². The molecule has 0 unspecified atom stereocenters. The molecular formula is C16H22N2O3S. The van der Waals surface area contributed by atoms with Crippen LogP contribution in [0, 0.1) is 5.41 Å². The zero-order valence-electron chi connectivity index (χ0n) is 12.8. The third kappa shape index (κ3) is 2.50. The Kier molecular flexibility index (Phi) is 4.54. The molecule has 1 heterocycles. The predicted molar refractivity (Wildman–Crippen MR) is 87.4 cm³/mol. The molecule has 1 aliphatic carbocycles. The van der Waals surface area contributed by atoms with Crippen LogP contribution in [0.25, 0.3) is 0 Å². The molecule has 5 nitrogen and oxygen atoms in total. The number of nitrogens with one attached hydrogen (secondary N) is 1. The van der Waals surface area contributed by atoms with E-state index in [1.54, 1.807) is 17.6 Å². The number of carbonyl (C=O) groups excluding carboxylic acids is 2. The zero-order chi connectivity index (χ0) is 15.2. The Morgan fingerprint density at radius 1 is 1.32 bits per heavy atom. The first-order valence-corrected chi connectivity index (χ1v) is 7.34. The third-order valence-corrected chi connectivity index (χ3v) is 4.80. The van der Waals surface area contributed by atoms with Crippen LogP contribution in [-0.4, -0.2) is 34.5 Å². The van der Waals surface area contributed by atoms with Crippen LogP contribution in [0.5, 0.6) is 0 Å². The molecule has 1 aliphatic heterocycles. The minimum Gasteiger partial charge on any atom is -0.340 e. The number of hydrogen-bond acceptors (Lipinski definition) is 3. The van der Waals surface area contributed by atoms with Crippen molar-refractivity contribution < 1.29 is 14.8 Å². The van der Waals surface area contributed by atoms with E-state index in [-0.39, 0.29) is 30.9 Å². The average Bonchev–Trinajstić information content (AvgIpc) is 2.98. The highest BCUT2D eigenvalue weighted by molar-refractivity contribution is 7.59. The lowest BCUT2D eigenvalue weighted by molar-refractivity contribution is -0.137. The van der Waals surface area contributed by atoms with Crippen molar-refractivity contribution in [2.24, 2.45) is 5.41 Å². The number of nitrogens with zero attached hydrogens (tertiary/aromatic N) is 1. The molecule has 120 valence electrons. The number of amides is 2. The van der Waals surface area contributed by atoms with Gasteiger partial charge >= 0.3 is 0 Å². The molecule has 0 bridgehead atoms. The van der Waals surface area contributed by atoms with Gasteiger partial charge in [0.2, 0.25) is 5.91 Å². The van der Waals surface area contributed by atoms with Gasteiger partial charge in [-0.2, -0.15) is 13.5 Å². The highest BCUT2D eigenvalue weighted by Crippen LogP contribution is 2.45. The Bertz CT molecular complexity index is 617. The second-order valence-corrected chi connectivity index (χ2v) is 6.40. The maximum Gasteiger partial charge on any atom is 0.274 e. The van der Waals surface area contributed by atoms with Crippen molar-refractivity contribution >= 4 is 25.3 Å². The van der Waals surface area contributed by atoms with E-state index >= 15 is 0 Å². The summed E-state index contributed by atoms with van der Waals surface area (Å²) in [5.41, 5.74) is 3.95. The lowest BCUT2D eigenvalue weighted by atomic mass is 9.83. The fraction of sp³-hybridized carbons (Fsp3) is 0.500. The summed E-state index contributed by atoms with van der Waals surface area (Å²) in [6.07, 6.45) is 2.32. The molecule has 6 heteroatoms. The average molecular weight is 322 g/mol. The highest BCUT2D eigenvalue weighted by Gasteiger charge is 2.50. The van der Waals surface area contributed by atoms with Crippen molar-refractivity contribution in [2.45, 2.75) is 39.2 Å². The van der Waals surface area contributed by atoms with E-state index in [9.17, 15) is 9.59 Å². The molecular weight excluding hydrogens is 300 g/mol. The van der Waals surface area contributed by atoms with Crippen molar-refractivity contribution in [3.8, 4) is 0 Å². The van der Waals surface area contributed by atoms with E-state index < -0.39 is 5.91 Å².